The molecule has 1 fully saturated rings. The molecule has 0 radical (unpaired) electrons. The van der Waals surface area contributed by atoms with Gasteiger partial charge in [0.1, 0.15) is 11.4 Å². The van der Waals surface area contributed by atoms with Gasteiger partial charge in [0.05, 0.1) is 18.1 Å². The average Bonchev–Trinajstić information content (AvgIpc) is 2.53. The maximum absolute atomic E-state index is 12.0. The number of rotatable bonds is 4. The largest absolute Gasteiger partial charge is 0.496 e. The predicted molar refractivity (Wildman–Crippen MR) is 83.3 cm³/mol. The molecule has 0 aliphatic carbocycles. The van der Waals surface area contributed by atoms with Crippen molar-refractivity contribution in [3.05, 3.63) is 28.3 Å². The maximum atomic E-state index is 12.0. The van der Waals surface area contributed by atoms with E-state index in [0.29, 0.717) is 37.6 Å². The first-order chi connectivity index (χ1) is 10.4. The summed E-state index contributed by atoms with van der Waals surface area (Å²) in [6.45, 7) is 6.10. The van der Waals surface area contributed by atoms with Crippen LogP contribution < -0.4 is 9.64 Å². The van der Waals surface area contributed by atoms with E-state index in [0.717, 1.165) is 0 Å². The standard InChI is InChI=1S/C15H21N3O4/c1-11(2)15(19)17-8-6-16(7-9-17)13-5-4-12(22-3)10-14(13)18(20)21/h4-5,10-11H,6-9H2,1-3H3. The molecule has 0 atom stereocenters. The zero-order chi connectivity index (χ0) is 16.3. The zero-order valence-corrected chi connectivity index (χ0v) is 13.1. The fraction of sp³-hybridized carbons (Fsp3) is 0.533. The van der Waals surface area contributed by atoms with Crippen LogP contribution in [0.3, 0.4) is 0 Å². The molecule has 0 aromatic heterocycles. The molecule has 1 aliphatic rings. The molecule has 22 heavy (non-hydrogen) atoms. The van der Waals surface area contributed by atoms with Gasteiger partial charge in [-0.1, -0.05) is 13.8 Å². The van der Waals surface area contributed by atoms with E-state index in [9.17, 15) is 14.9 Å². The fourth-order valence-electron chi connectivity index (χ4n) is 2.58. The van der Waals surface area contributed by atoms with E-state index in [1.807, 2.05) is 23.6 Å². The van der Waals surface area contributed by atoms with Crippen molar-refractivity contribution in [1.82, 2.24) is 4.90 Å². The number of benzene rings is 1. The number of nitro benzene ring substituents is 1. The smallest absolute Gasteiger partial charge is 0.296 e. The predicted octanol–water partition coefficient (Wildman–Crippen LogP) is 1.91. The summed E-state index contributed by atoms with van der Waals surface area (Å²) in [7, 11) is 1.48. The molecule has 1 amide bonds. The van der Waals surface area contributed by atoms with Crippen LogP contribution in [0.1, 0.15) is 13.8 Å². The second kappa shape index (κ2) is 6.64. The molecule has 7 nitrogen and oxygen atoms in total. The highest BCUT2D eigenvalue weighted by Gasteiger charge is 2.27. The van der Waals surface area contributed by atoms with Crippen molar-refractivity contribution in [1.29, 1.82) is 0 Å². The molecule has 0 unspecified atom stereocenters. The summed E-state index contributed by atoms with van der Waals surface area (Å²) in [5, 5.41) is 11.3. The number of carbonyl (C=O) groups excluding carboxylic acids is 1. The number of hydrogen-bond donors (Lipinski definition) is 0. The van der Waals surface area contributed by atoms with E-state index in [2.05, 4.69) is 0 Å². The third-order valence-electron chi connectivity index (χ3n) is 3.81. The molecule has 1 aromatic carbocycles. The van der Waals surface area contributed by atoms with Gasteiger partial charge in [0, 0.05) is 32.1 Å². The Morgan fingerprint density at radius 1 is 1.27 bits per heavy atom. The van der Waals surface area contributed by atoms with E-state index in [1.165, 1.54) is 13.2 Å². The summed E-state index contributed by atoms with van der Waals surface area (Å²) in [6, 6.07) is 4.85. The summed E-state index contributed by atoms with van der Waals surface area (Å²) < 4.78 is 5.05. The Hall–Kier alpha value is -2.31. The molecule has 0 saturated carbocycles. The summed E-state index contributed by atoms with van der Waals surface area (Å²) in [6.07, 6.45) is 0. The normalized spacial score (nSPS) is 15.1. The summed E-state index contributed by atoms with van der Waals surface area (Å²) in [4.78, 5) is 26.6. The van der Waals surface area contributed by atoms with Crippen LogP contribution in [0.15, 0.2) is 18.2 Å². The van der Waals surface area contributed by atoms with Gasteiger partial charge in [0.25, 0.3) is 5.69 Å². The van der Waals surface area contributed by atoms with Gasteiger partial charge in [-0.05, 0) is 12.1 Å². The van der Waals surface area contributed by atoms with Crippen LogP contribution >= 0.6 is 0 Å². The van der Waals surface area contributed by atoms with Crippen molar-refractivity contribution in [2.24, 2.45) is 5.92 Å². The van der Waals surface area contributed by atoms with E-state index >= 15 is 0 Å². The van der Waals surface area contributed by atoms with Crippen molar-refractivity contribution < 1.29 is 14.5 Å². The molecular weight excluding hydrogens is 286 g/mol. The van der Waals surface area contributed by atoms with E-state index in [4.69, 9.17) is 4.74 Å². The quantitative estimate of drug-likeness (QED) is 0.627. The lowest BCUT2D eigenvalue weighted by Gasteiger charge is -2.36. The Morgan fingerprint density at radius 2 is 1.91 bits per heavy atom. The Morgan fingerprint density at radius 3 is 2.41 bits per heavy atom. The van der Waals surface area contributed by atoms with Crippen molar-refractivity contribution in [2.75, 3.05) is 38.2 Å². The molecule has 1 aliphatic heterocycles. The molecule has 0 bridgehead atoms. The number of methoxy groups -OCH3 is 1. The van der Waals surface area contributed by atoms with Gasteiger partial charge < -0.3 is 14.5 Å². The molecule has 1 aromatic rings. The lowest BCUT2D eigenvalue weighted by molar-refractivity contribution is -0.384. The minimum absolute atomic E-state index is 0.0260. The highest BCUT2D eigenvalue weighted by molar-refractivity contribution is 5.78. The van der Waals surface area contributed by atoms with Crippen LogP contribution in [0.2, 0.25) is 0 Å². The minimum Gasteiger partial charge on any atom is -0.496 e. The first kappa shape index (κ1) is 16.1. The molecule has 7 heteroatoms. The summed E-state index contributed by atoms with van der Waals surface area (Å²) in [5.74, 6) is 0.565. The van der Waals surface area contributed by atoms with Crippen LogP contribution in [0, 0.1) is 16.0 Å². The third-order valence-corrected chi connectivity index (χ3v) is 3.81. The number of carbonyl (C=O) groups is 1. The number of nitro groups is 1. The molecule has 0 spiro atoms. The Labute approximate surface area is 129 Å². The van der Waals surface area contributed by atoms with Gasteiger partial charge in [-0.2, -0.15) is 0 Å². The molecule has 2 rings (SSSR count). The molecule has 1 saturated heterocycles. The van der Waals surface area contributed by atoms with Gasteiger partial charge in [-0.25, -0.2) is 0 Å². The lowest BCUT2D eigenvalue weighted by atomic mass is 10.1. The van der Waals surface area contributed by atoms with Gasteiger partial charge in [-0.3, -0.25) is 14.9 Å². The van der Waals surface area contributed by atoms with Crippen molar-refractivity contribution in [3.63, 3.8) is 0 Å². The first-order valence-electron chi connectivity index (χ1n) is 7.30. The highest BCUT2D eigenvalue weighted by Crippen LogP contribution is 2.32. The van der Waals surface area contributed by atoms with Crippen molar-refractivity contribution in [2.45, 2.75) is 13.8 Å². The second-order valence-corrected chi connectivity index (χ2v) is 5.58. The van der Waals surface area contributed by atoms with E-state index in [1.54, 1.807) is 12.1 Å². The van der Waals surface area contributed by atoms with Gasteiger partial charge in [-0.15, -0.1) is 0 Å². The molecular formula is C15H21N3O4. The van der Waals surface area contributed by atoms with Crippen molar-refractivity contribution >= 4 is 17.3 Å². The highest BCUT2D eigenvalue weighted by atomic mass is 16.6. The SMILES string of the molecule is COc1ccc(N2CCN(C(=O)C(C)C)CC2)c([N+](=O)[O-])c1. The number of nitrogens with zero attached hydrogens (tertiary/aromatic N) is 3. The van der Waals surface area contributed by atoms with Gasteiger partial charge >= 0.3 is 0 Å². The molecule has 120 valence electrons. The Balaban J connectivity index is 2.14. The van der Waals surface area contributed by atoms with Crippen LogP contribution in [0.5, 0.6) is 5.75 Å². The number of ether oxygens (including phenoxy) is 1. The minimum atomic E-state index is -0.399. The third kappa shape index (κ3) is 3.29. The molecule has 1 heterocycles. The van der Waals surface area contributed by atoms with Crippen LogP contribution in [0.4, 0.5) is 11.4 Å². The van der Waals surface area contributed by atoms with Gasteiger partial charge in [0.15, 0.2) is 0 Å². The topological polar surface area (TPSA) is 75.9 Å². The Kier molecular flexibility index (Phi) is 4.85. The zero-order valence-electron chi connectivity index (χ0n) is 13.1. The number of anilines is 1. The molecule has 0 N–H and O–H groups in total. The van der Waals surface area contributed by atoms with Gasteiger partial charge in [0.2, 0.25) is 5.91 Å². The summed E-state index contributed by atoms with van der Waals surface area (Å²) in [5.41, 5.74) is 0.602. The van der Waals surface area contributed by atoms with E-state index in [-0.39, 0.29) is 17.5 Å². The fourth-order valence-corrected chi connectivity index (χ4v) is 2.58. The van der Waals surface area contributed by atoms with Crippen LogP contribution in [-0.4, -0.2) is 49.0 Å². The number of piperazine rings is 1. The number of hydrogen-bond acceptors (Lipinski definition) is 5. The Bertz CT molecular complexity index is 566. The van der Waals surface area contributed by atoms with Crippen molar-refractivity contribution in [3.8, 4) is 5.75 Å². The van der Waals surface area contributed by atoms with Crippen LogP contribution in [0.25, 0.3) is 0 Å². The average molecular weight is 307 g/mol. The van der Waals surface area contributed by atoms with Crippen LogP contribution in [-0.2, 0) is 4.79 Å². The van der Waals surface area contributed by atoms with E-state index < -0.39 is 4.92 Å². The second-order valence-electron chi connectivity index (χ2n) is 5.58. The maximum Gasteiger partial charge on any atom is 0.296 e. The summed E-state index contributed by atoms with van der Waals surface area (Å²) >= 11 is 0. The lowest BCUT2D eigenvalue weighted by Crippen LogP contribution is -2.50. The first-order valence-corrected chi connectivity index (χ1v) is 7.30. The monoisotopic (exact) mass is 307 g/mol. The number of amides is 1.